The Balaban J connectivity index is 1.78. The maximum atomic E-state index is 9.46. The molecule has 0 aromatic carbocycles. The highest BCUT2D eigenvalue weighted by Crippen LogP contribution is 2.24. The molecule has 0 unspecified atom stereocenters. The molecule has 3 rings (SSSR count). The molecule has 6 heteroatoms. The van der Waals surface area contributed by atoms with Crippen LogP contribution in [-0.2, 0) is 0 Å². The molecule has 0 amide bonds. The predicted octanol–water partition coefficient (Wildman–Crippen LogP) is 1.07. The zero-order valence-corrected chi connectivity index (χ0v) is 9.43. The minimum Gasteiger partial charge on any atom is -0.393 e. The predicted molar refractivity (Wildman–Crippen MR) is 63.6 cm³/mol. The number of aliphatic hydroxyl groups is 1. The summed E-state index contributed by atoms with van der Waals surface area (Å²) >= 11 is 0. The lowest BCUT2D eigenvalue weighted by Crippen LogP contribution is -2.28. The first-order valence-electron chi connectivity index (χ1n) is 5.91. The maximum Gasteiger partial charge on any atom is 0.160 e. The molecule has 6 nitrogen and oxygen atoms in total. The van der Waals surface area contributed by atoms with E-state index < -0.39 is 0 Å². The van der Waals surface area contributed by atoms with Crippen LogP contribution < -0.4 is 5.32 Å². The number of rotatable bonds is 2. The van der Waals surface area contributed by atoms with Crippen molar-refractivity contribution in [3.8, 4) is 0 Å². The zero-order chi connectivity index (χ0) is 11.7. The molecule has 3 N–H and O–H groups in total. The van der Waals surface area contributed by atoms with E-state index in [9.17, 15) is 5.11 Å². The largest absolute Gasteiger partial charge is 0.393 e. The summed E-state index contributed by atoms with van der Waals surface area (Å²) in [6, 6.07) is 0.381. The van der Waals surface area contributed by atoms with Crippen molar-refractivity contribution in [2.75, 3.05) is 5.32 Å². The summed E-state index contributed by atoms with van der Waals surface area (Å²) in [7, 11) is 0. The normalized spacial score (nSPS) is 25.0. The maximum absolute atomic E-state index is 9.46. The van der Waals surface area contributed by atoms with Crippen LogP contribution in [0.25, 0.3) is 11.0 Å². The number of anilines is 1. The van der Waals surface area contributed by atoms with E-state index in [1.165, 1.54) is 6.33 Å². The first-order chi connectivity index (χ1) is 8.33. The second-order valence-corrected chi connectivity index (χ2v) is 4.50. The molecule has 2 aromatic heterocycles. The smallest absolute Gasteiger partial charge is 0.160 e. The highest BCUT2D eigenvalue weighted by Gasteiger charge is 2.20. The lowest BCUT2D eigenvalue weighted by Gasteiger charge is -2.26. The molecule has 0 atom stereocenters. The van der Waals surface area contributed by atoms with Gasteiger partial charge in [-0.1, -0.05) is 0 Å². The van der Waals surface area contributed by atoms with Gasteiger partial charge in [0.2, 0.25) is 0 Å². The lowest BCUT2D eigenvalue weighted by molar-refractivity contribution is 0.126. The molecule has 17 heavy (non-hydrogen) atoms. The Kier molecular flexibility index (Phi) is 2.64. The van der Waals surface area contributed by atoms with E-state index >= 15 is 0 Å². The van der Waals surface area contributed by atoms with Crippen molar-refractivity contribution in [2.45, 2.75) is 37.8 Å². The Morgan fingerprint density at radius 1 is 1.24 bits per heavy atom. The van der Waals surface area contributed by atoms with Crippen molar-refractivity contribution in [3.63, 3.8) is 0 Å². The number of fused-ring (bicyclic) bond motifs is 1. The molecule has 1 fully saturated rings. The van der Waals surface area contributed by atoms with Gasteiger partial charge in [-0.3, -0.25) is 5.10 Å². The molecule has 1 aliphatic carbocycles. The van der Waals surface area contributed by atoms with E-state index in [0.717, 1.165) is 42.5 Å². The van der Waals surface area contributed by atoms with Gasteiger partial charge in [0.05, 0.1) is 17.7 Å². The van der Waals surface area contributed by atoms with E-state index in [4.69, 9.17) is 0 Å². The third-order valence-electron chi connectivity index (χ3n) is 3.29. The van der Waals surface area contributed by atoms with E-state index in [-0.39, 0.29) is 6.10 Å². The van der Waals surface area contributed by atoms with Crippen LogP contribution in [0.4, 0.5) is 5.82 Å². The fourth-order valence-electron chi connectivity index (χ4n) is 2.29. The van der Waals surface area contributed by atoms with Crippen molar-refractivity contribution in [1.29, 1.82) is 0 Å². The Morgan fingerprint density at radius 3 is 2.88 bits per heavy atom. The summed E-state index contributed by atoms with van der Waals surface area (Å²) in [4.78, 5) is 8.35. The van der Waals surface area contributed by atoms with Crippen LogP contribution in [0, 0.1) is 0 Å². The van der Waals surface area contributed by atoms with Gasteiger partial charge in [0.15, 0.2) is 5.65 Å². The fourth-order valence-corrected chi connectivity index (χ4v) is 2.29. The molecule has 0 bridgehead atoms. The first kappa shape index (κ1) is 10.5. The Labute approximate surface area is 98.5 Å². The van der Waals surface area contributed by atoms with Crippen molar-refractivity contribution >= 4 is 16.9 Å². The van der Waals surface area contributed by atoms with Gasteiger partial charge in [-0.05, 0) is 25.7 Å². The van der Waals surface area contributed by atoms with Crippen molar-refractivity contribution in [1.82, 2.24) is 20.2 Å². The number of aliphatic hydroxyl groups excluding tert-OH is 1. The first-order valence-corrected chi connectivity index (χ1v) is 5.91. The number of hydrogen-bond acceptors (Lipinski definition) is 5. The molecule has 2 aromatic rings. The quantitative estimate of drug-likeness (QED) is 0.722. The summed E-state index contributed by atoms with van der Waals surface area (Å²) < 4.78 is 0. The Morgan fingerprint density at radius 2 is 2.06 bits per heavy atom. The van der Waals surface area contributed by atoms with E-state index in [1.54, 1.807) is 6.20 Å². The molecular formula is C11H15N5O. The van der Waals surface area contributed by atoms with Gasteiger partial charge in [-0.2, -0.15) is 5.10 Å². The van der Waals surface area contributed by atoms with Crippen LogP contribution in [-0.4, -0.2) is 37.4 Å². The highest BCUT2D eigenvalue weighted by atomic mass is 16.3. The van der Waals surface area contributed by atoms with Crippen LogP contribution in [0.5, 0.6) is 0 Å². The minimum atomic E-state index is -0.132. The molecule has 0 aliphatic heterocycles. The van der Waals surface area contributed by atoms with Crippen LogP contribution in [0.2, 0.25) is 0 Å². The molecular weight excluding hydrogens is 218 g/mol. The van der Waals surface area contributed by atoms with E-state index in [2.05, 4.69) is 25.5 Å². The van der Waals surface area contributed by atoms with Gasteiger partial charge < -0.3 is 10.4 Å². The van der Waals surface area contributed by atoms with Crippen molar-refractivity contribution in [2.24, 2.45) is 0 Å². The number of nitrogens with zero attached hydrogens (tertiary/aromatic N) is 3. The van der Waals surface area contributed by atoms with Gasteiger partial charge in [-0.25, -0.2) is 9.97 Å². The van der Waals surface area contributed by atoms with Crippen LogP contribution in [0.15, 0.2) is 12.5 Å². The summed E-state index contributed by atoms with van der Waals surface area (Å²) in [5.74, 6) is 0.824. The third-order valence-corrected chi connectivity index (χ3v) is 3.29. The second kappa shape index (κ2) is 4.29. The molecule has 90 valence electrons. The summed E-state index contributed by atoms with van der Waals surface area (Å²) in [6.07, 6.45) is 6.80. The summed E-state index contributed by atoms with van der Waals surface area (Å²) in [6.45, 7) is 0. The second-order valence-electron chi connectivity index (χ2n) is 4.50. The minimum absolute atomic E-state index is 0.132. The van der Waals surface area contributed by atoms with Crippen LogP contribution >= 0.6 is 0 Å². The molecule has 0 radical (unpaired) electrons. The van der Waals surface area contributed by atoms with Crippen molar-refractivity contribution in [3.05, 3.63) is 12.5 Å². The van der Waals surface area contributed by atoms with E-state index in [1.807, 2.05) is 0 Å². The average molecular weight is 233 g/mol. The van der Waals surface area contributed by atoms with Gasteiger partial charge in [-0.15, -0.1) is 0 Å². The standard InChI is InChI=1S/C11H15N5O/c17-8-3-1-7(2-4-8)15-10-9-5-14-16-11(9)13-6-12-10/h5-8,17H,1-4H2,(H2,12,13,14,15,16)/t7-,8-. The summed E-state index contributed by atoms with van der Waals surface area (Å²) in [5, 5.41) is 20.6. The van der Waals surface area contributed by atoms with Gasteiger partial charge in [0.25, 0.3) is 0 Å². The molecule has 1 aliphatic rings. The topological polar surface area (TPSA) is 86.7 Å². The SMILES string of the molecule is O[C@H]1CC[C@H](Nc2ncnc3[nH]ncc23)CC1. The van der Waals surface area contributed by atoms with E-state index in [0.29, 0.717) is 6.04 Å². The number of hydrogen-bond donors (Lipinski definition) is 3. The average Bonchev–Trinajstić information content (AvgIpc) is 2.81. The third kappa shape index (κ3) is 2.08. The molecule has 2 heterocycles. The highest BCUT2D eigenvalue weighted by molar-refractivity contribution is 5.85. The summed E-state index contributed by atoms with van der Waals surface area (Å²) in [5.41, 5.74) is 0.748. The lowest BCUT2D eigenvalue weighted by atomic mass is 9.93. The number of aromatic nitrogens is 4. The Hall–Kier alpha value is -1.69. The Bertz CT molecular complexity index is 503. The van der Waals surface area contributed by atoms with Gasteiger partial charge >= 0.3 is 0 Å². The van der Waals surface area contributed by atoms with Gasteiger partial charge in [0.1, 0.15) is 12.1 Å². The monoisotopic (exact) mass is 233 g/mol. The van der Waals surface area contributed by atoms with Gasteiger partial charge in [0, 0.05) is 6.04 Å². The molecule has 0 spiro atoms. The number of H-pyrrole nitrogens is 1. The fraction of sp³-hybridized carbons (Fsp3) is 0.545. The zero-order valence-electron chi connectivity index (χ0n) is 9.43. The molecule has 1 saturated carbocycles. The molecule has 0 saturated heterocycles. The number of aromatic amines is 1. The van der Waals surface area contributed by atoms with Crippen molar-refractivity contribution < 1.29 is 5.11 Å². The number of nitrogens with one attached hydrogen (secondary N) is 2. The van der Waals surface area contributed by atoms with Crippen LogP contribution in [0.1, 0.15) is 25.7 Å². The van der Waals surface area contributed by atoms with Crippen LogP contribution in [0.3, 0.4) is 0 Å².